The molecule has 1 aliphatic heterocycles. The summed E-state index contributed by atoms with van der Waals surface area (Å²) in [5.41, 5.74) is 1.21. The van der Waals surface area contributed by atoms with Gasteiger partial charge in [0.1, 0.15) is 12.1 Å². The molecule has 1 fully saturated rings. The van der Waals surface area contributed by atoms with Gasteiger partial charge in [-0.1, -0.05) is 19.1 Å². The fourth-order valence-electron chi connectivity index (χ4n) is 2.73. The van der Waals surface area contributed by atoms with Gasteiger partial charge in [0.2, 0.25) is 5.91 Å². The molecule has 0 bridgehead atoms. The Hall–Kier alpha value is -2.57. The van der Waals surface area contributed by atoms with Crippen molar-refractivity contribution in [3.05, 3.63) is 53.5 Å². The van der Waals surface area contributed by atoms with E-state index in [4.69, 9.17) is 0 Å². The van der Waals surface area contributed by atoms with Crippen LogP contribution in [0.2, 0.25) is 0 Å². The molecule has 0 radical (unpaired) electrons. The van der Waals surface area contributed by atoms with Crippen molar-refractivity contribution in [1.82, 2.24) is 14.9 Å². The molecule has 3 rings (SSSR count). The van der Waals surface area contributed by atoms with Gasteiger partial charge in [0.05, 0.1) is 12.2 Å². The highest BCUT2D eigenvalue weighted by Gasteiger charge is 2.27. The minimum atomic E-state index is -0.459. The standard InChI is InChI=1S/C17H18F2N4O/c1-2-14-16(19)17(21-11-20-14)23-8-7-22(15(24)10-23)9-12-3-5-13(18)6-4-12/h3-6,11H,2,7-10H2,1H3. The monoisotopic (exact) mass is 332 g/mol. The zero-order valence-corrected chi connectivity index (χ0v) is 13.4. The molecule has 1 amide bonds. The van der Waals surface area contributed by atoms with E-state index in [-0.39, 0.29) is 24.1 Å². The summed E-state index contributed by atoms with van der Waals surface area (Å²) in [6.07, 6.45) is 1.80. The summed E-state index contributed by atoms with van der Waals surface area (Å²) in [4.78, 5) is 23.6. The molecular weight excluding hydrogens is 314 g/mol. The summed E-state index contributed by atoms with van der Waals surface area (Å²) in [6, 6.07) is 6.07. The lowest BCUT2D eigenvalue weighted by molar-refractivity contribution is -0.131. The van der Waals surface area contributed by atoms with Crippen LogP contribution in [0.4, 0.5) is 14.6 Å². The van der Waals surface area contributed by atoms with Gasteiger partial charge in [0.15, 0.2) is 11.6 Å². The molecule has 2 heterocycles. The molecular formula is C17H18F2N4O. The Morgan fingerprint density at radius 2 is 1.88 bits per heavy atom. The third-order valence-electron chi connectivity index (χ3n) is 4.08. The topological polar surface area (TPSA) is 49.3 Å². The average molecular weight is 332 g/mol. The van der Waals surface area contributed by atoms with Crippen molar-refractivity contribution in [2.75, 3.05) is 24.5 Å². The first-order valence-corrected chi connectivity index (χ1v) is 7.85. The molecule has 1 aromatic carbocycles. The van der Waals surface area contributed by atoms with Crippen LogP contribution in [0, 0.1) is 11.6 Å². The molecule has 7 heteroatoms. The fourth-order valence-corrected chi connectivity index (χ4v) is 2.73. The predicted octanol–water partition coefficient (Wildman–Crippen LogP) is 2.17. The number of nitrogens with zero attached hydrogens (tertiary/aromatic N) is 4. The molecule has 0 aliphatic carbocycles. The smallest absolute Gasteiger partial charge is 0.242 e. The van der Waals surface area contributed by atoms with Crippen LogP contribution in [-0.2, 0) is 17.8 Å². The highest BCUT2D eigenvalue weighted by Crippen LogP contribution is 2.21. The number of aromatic nitrogens is 2. The summed E-state index contributed by atoms with van der Waals surface area (Å²) < 4.78 is 27.3. The lowest BCUT2D eigenvalue weighted by Crippen LogP contribution is -2.50. The van der Waals surface area contributed by atoms with E-state index in [2.05, 4.69) is 9.97 Å². The van der Waals surface area contributed by atoms with Crippen molar-refractivity contribution in [3.63, 3.8) is 0 Å². The summed E-state index contributed by atoms with van der Waals surface area (Å²) >= 11 is 0. The number of piperazine rings is 1. The molecule has 0 saturated carbocycles. The molecule has 1 aliphatic rings. The highest BCUT2D eigenvalue weighted by molar-refractivity contribution is 5.82. The number of halogens is 2. The molecule has 0 atom stereocenters. The minimum Gasteiger partial charge on any atom is -0.343 e. The van der Waals surface area contributed by atoms with Gasteiger partial charge in [-0.25, -0.2) is 18.7 Å². The second kappa shape index (κ2) is 6.90. The summed E-state index contributed by atoms with van der Waals surface area (Å²) in [5, 5.41) is 0. The van der Waals surface area contributed by atoms with Crippen LogP contribution in [0.3, 0.4) is 0 Å². The maximum atomic E-state index is 14.3. The van der Waals surface area contributed by atoms with E-state index in [0.717, 1.165) is 5.56 Å². The number of aryl methyl sites for hydroxylation is 1. The van der Waals surface area contributed by atoms with Crippen LogP contribution >= 0.6 is 0 Å². The molecule has 2 aromatic rings. The fraction of sp³-hybridized carbons (Fsp3) is 0.353. The largest absolute Gasteiger partial charge is 0.343 e. The quantitative estimate of drug-likeness (QED) is 0.861. The normalized spacial score (nSPS) is 15.0. The van der Waals surface area contributed by atoms with E-state index in [1.807, 2.05) is 6.92 Å². The van der Waals surface area contributed by atoms with E-state index >= 15 is 0 Å². The molecule has 24 heavy (non-hydrogen) atoms. The van der Waals surface area contributed by atoms with Crippen molar-refractivity contribution in [2.24, 2.45) is 0 Å². The number of rotatable bonds is 4. The Morgan fingerprint density at radius 1 is 1.12 bits per heavy atom. The minimum absolute atomic E-state index is 0.0677. The number of anilines is 1. The van der Waals surface area contributed by atoms with Crippen LogP contribution in [-0.4, -0.2) is 40.4 Å². The van der Waals surface area contributed by atoms with E-state index in [0.29, 0.717) is 31.7 Å². The Balaban J connectivity index is 1.69. The summed E-state index contributed by atoms with van der Waals surface area (Å²) in [5.74, 6) is -0.695. The first kappa shape index (κ1) is 16.3. The molecule has 1 saturated heterocycles. The second-order valence-electron chi connectivity index (χ2n) is 5.67. The molecule has 0 unspecified atom stereocenters. The third kappa shape index (κ3) is 3.34. The SMILES string of the molecule is CCc1ncnc(N2CCN(Cc3ccc(F)cc3)C(=O)C2)c1F. The number of carbonyl (C=O) groups excluding carboxylic acids is 1. The maximum absolute atomic E-state index is 14.3. The van der Waals surface area contributed by atoms with E-state index in [1.54, 1.807) is 21.9 Å². The van der Waals surface area contributed by atoms with E-state index < -0.39 is 5.82 Å². The molecule has 126 valence electrons. The van der Waals surface area contributed by atoms with Gasteiger partial charge in [-0.3, -0.25) is 4.79 Å². The van der Waals surface area contributed by atoms with Gasteiger partial charge in [-0.2, -0.15) is 0 Å². The summed E-state index contributed by atoms with van der Waals surface area (Å²) in [6.45, 7) is 3.25. The zero-order chi connectivity index (χ0) is 17.1. The van der Waals surface area contributed by atoms with Gasteiger partial charge >= 0.3 is 0 Å². The Bertz CT molecular complexity index is 736. The lowest BCUT2D eigenvalue weighted by Gasteiger charge is -2.35. The zero-order valence-electron chi connectivity index (χ0n) is 13.4. The predicted molar refractivity (Wildman–Crippen MR) is 85.4 cm³/mol. The highest BCUT2D eigenvalue weighted by atomic mass is 19.1. The molecule has 0 spiro atoms. The second-order valence-corrected chi connectivity index (χ2v) is 5.67. The van der Waals surface area contributed by atoms with Crippen LogP contribution in [0.1, 0.15) is 18.2 Å². The molecule has 0 N–H and O–H groups in total. The van der Waals surface area contributed by atoms with Crippen molar-refractivity contribution in [1.29, 1.82) is 0 Å². The number of carbonyl (C=O) groups is 1. The number of amides is 1. The van der Waals surface area contributed by atoms with E-state index in [9.17, 15) is 13.6 Å². The van der Waals surface area contributed by atoms with Gasteiger partial charge in [0, 0.05) is 19.6 Å². The van der Waals surface area contributed by atoms with Crippen LogP contribution in [0.5, 0.6) is 0 Å². The molecule has 1 aromatic heterocycles. The summed E-state index contributed by atoms with van der Waals surface area (Å²) in [7, 11) is 0. The van der Waals surface area contributed by atoms with Crippen molar-refractivity contribution in [3.8, 4) is 0 Å². The third-order valence-corrected chi connectivity index (χ3v) is 4.08. The van der Waals surface area contributed by atoms with Gasteiger partial charge in [-0.05, 0) is 24.1 Å². The Labute approximate surface area is 138 Å². The van der Waals surface area contributed by atoms with Crippen LogP contribution in [0.25, 0.3) is 0 Å². The number of benzene rings is 1. The number of hydrogen-bond acceptors (Lipinski definition) is 4. The van der Waals surface area contributed by atoms with Gasteiger partial charge < -0.3 is 9.80 Å². The van der Waals surface area contributed by atoms with Crippen molar-refractivity contribution in [2.45, 2.75) is 19.9 Å². The Morgan fingerprint density at radius 3 is 2.54 bits per heavy atom. The van der Waals surface area contributed by atoms with Crippen molar-refractivity contribution < 1.29 is 13.6 Å². The lowest BCUT2D eigenvalue weighted by atomic mass is 10.2. The van der Waals surface area contributed by atoms with Crippen molar-refractivity contribution >= 4 is 11.7 Å². The first-order chi connectivity index (χ1) is 11.6. The maximum Gasteiger partial charge on any atom is 0.242 e. The van der Waals surface area contributed by atoms with Gasteiger partial charge in [0.25, 0.3) is 0 Å². The molecule has 5 nitrogen and oxygen atoms in total. The number of hydrogen-bond donors (Lipinski definition) is 0. The van der Waals surface area contributed by atoms with Crippen LogP contribution < -0.4 is 4.90 Å². The average Bonchev–Trinajstić information content (AvgIpc) is 2.59. The van der Waals surface area contributed by atoms with Gasteiger partial charge in [-0.15, -0.1) is 0 Å². The Kier molecular flexibility index (Phi) is 4.69. The van der Waals surface area contributed by atoms with Crippen LogP contribution in [0.15, 0.2) is 30.6 Å². The van der Waals surface area contributed by atoms with E-state index in [1.165, 1.54) is 18.5 Å². The first-order valence-electron chi connectivity index (χ1n) is 7.85.